The third kappa shape index (κ3) is 4.28. The third-order valence-electron chi connectivity index (χ3n) is 4.26. The molecule has 0 saturated heterocycles. The minimum atomic E-state index is -0.338. The number of nitrogens with zero attached hydrogens (tertiary/aromatic N) is 1. The quantitative estimate of drug-likeness (QED) is 0.671. The first-order valence-corrected chi connectivity index (χ1v) is 8.73. The Balaban J connectivity index is 1.74. The molecule has 1 aromatic heterocycles. The third-order valence-corrected chi connectivity index (χ3v) is 4.26. The molecule has 0 aliphatic heterocycles. The molecule has 0 aliphatic carbocycles. The summed E-state index contributed by atoms with van der Waals surface area (Å²) in [7, 11) is 1.58. The van der Waals surface area contributed by atoms with Crippen LogP contribution < -0.4 is 14.8 Å². The zero-order valence-electron chi connectivity index (χ0n) is 15.6. The number of hydrogen-bond donors (Lipinski definition) is 1. The molecule has 2 aromatic carbocycles. The van der Waals surface area contributed by atoms with E-state index in [0.29, 0.717) is 28.5 Å². The van der Waals surface area contributed by atoms with Crippen molar-refractivity contribution in [2.24, 2.45) is 0 Å². The fourth-order valence-corrected chi connectivity index (χ4v) is 2.64. The molecule has 0 atom stereocenters. The van der Waals surface area contributed by atoms with Crippen molar-refractivity contribution >= 4 is 11.6 Å². The number of hydrogen-bond acceptors (Lipinski definition) is 5. The number of carbonyl (C=O) groups excluding carboxylic acids is 1. The lowest BCUT2D eigenvalue weighted by atomic mass is 10.1. The van der Waals surface area contributed by atoms with E-state index in [1.165, 1.54) is 5.56 Å². The van der Waals surface area contributed by atoms with Gasteiger partial charge in [-0.2, -0.15) is 0 Å². The van der Waals surface area contributed by atoms with Gasteiger partial charge in [-0.25, -0.2) is 0 Å². The number of carbonyl (C=O) groups is 1. The molecule has 1 N–H and O–H groups in total. The number of rotatable bonds is 7. The first-order valence-electron chi connectivity index (χ1n) is 8.73. The highest BCUT2D eigenvalue weighted by atomic mass is 16.5. The van der Waals surface area contributed by atoms with Gasteiger partial charge in [0.1, 0.15) is 12.4 Å². The predicted molar refractivity (Wildman–Crippen MR) is 102 cm³/mol. The molecule has 0 spiro atoms. The lowest BCUT2D eigenvalue weighted by Crippen LogP contribution is -2.15. The molecular formula is C21H22N2O4. The van der Waals surface area contributed by atoms with E-state index in [9.17, 15) is 4.79 Å². The van der Waals surface area contributed by atoms with E-state index in [2.05, 4.69) is 17.4 Å². The van der Waals surface area contributed by atoms with Gasteiger partial charge in [0.05, 0.1) is 12.7 Å². The number of para-hydroxylation sites is 2. The fraction of sp³-hybridized carbons (Fsp3) is 0.238. The summed E-state index contributed by atoms with van der Waals surface area (Å²) in [6, 6.07) is 15.0. The molecule has 0 bridgehead atoms. The van der Waals surface area contributed by atoms with E-state index in [4.69, 9.17) is 14.0 Å². The Labute approximate surface area is 158 Å². The van der Waals surface area contributed by atoms with Gasteiger partial charge in [-0.3, -0.25) is 4.79 Å². The van der Waals surface area contributed by atoms with Crippen molar-refractivity contribution in [3.63, 3.8) is 0 Å². The maximum Gasteiger partial charge on any atom is 0.278 e. The molecule has 6 nitrogen and oxygen atoms in total. The lowest BCUT2D eigenvalue weighted by Gasteiger charge is -2.10. The lowest BCUT2D eigenvalue weighted by molar-refractivity contribution is 0.101. The Hall–Kier alpha value is -3.28. The zero-order valence-corrected chi connectivity index (χ0v) is 15.6. The molecule has 140 valence electrons. The Kier molecular flexibility index (Phi) is 5.76. The van der Waals surface area contributed by atoms with Crippen LogP contribution in [0.25, 0.3) is 0 Å². The van der Waals surface area contributed by atoms with Gasteiger partial charge in [0, 0.05) is 5.69 Å². The van der Waals surface area contributed by atoms with Crippen molar-refractivity contribution in [1.29, 1.82) is 0 Å². The van der Waals surface area contributed by atoms with Crippen molar-refractivity contribution in [3.05, 3.63) is 71.1 Å². The molecule has 27 heavy (non-hydrogen) atoms. The predicted octanol–water partition coefficient (Wildman–Crippen LogP) is 4.39. The molecular weight excluding hydrogens is 344 g/mol. The van der Waals surface area contributed by atoms with Crippen LogP contribution in [0.5, 0.6) is 11.5 Å². The summed E-state index contributed by atoms with van der Waals surface area (Å²) in [6.07, 6.45) is 0.946. The molecule has 0 fully saturated rings. The Bertz CT molecular complexity index is 916. The maximum absolute atomic E-state index is 12.6. The van der Waals surface area contributed by atoms with Gasteiger partial charge >= 0.3 is 0 Å². The molecule has 6 heteroatoms. The number of ether oxygens (including phenoxy) is 2. The number of benzene rings is 2. The molecule has 0 saturated carbocycles. The van der Waals surface area contributed by atoms with Gasteiger partial charge < -0.3 is 19.3 Å². The Morgan fingerprint density at radius 3 is 2.48 bits per heavy atom. The van der Waals surface area contributed by atoms with Crippen LogP contribution in [-0.2, 0) is 13.0 Å². The van der Waals surface area contributed by atoms with Crippen molar-refractivity contribution in [2.75, 3.05) is 12.4 Å². The number of aryl methyl sites for hydroxylation is 2. The topological polar surface area (TPSA) is 73.6 Å². The van der Waals surface area contributed by atoms with Crippen LogP contribution in [0, 0.1) is 6.92 Å². The van der Waals surface area contributed by atoms with Crippen molar-refractivity contribution in [1.82, 2.24) is 5.16 Å². The summed E-state index contributed by atoms with van der Waals surface area (Å²) in [5.74, 6) is 1.40. The molecule has 0 unspecified atom stereocenters. The SMILES string of the molecule is CCc1ccc(NC(=O)c2noc(C)c2COc2ccccc2OC)cc1. The van der Waals surface area contributed by atoms with E-state index in [1.54, 1.807) is 20.1 Å². The highest BCUT2D eigenvalue weighted by Crippen LogP contribution is 2.27. The van der Waals surface area contributed by atoms with Crippen LogP contribution in [0.15, 0.2) is 53.1 Å². The van der Waals surface area contributed by atoms with E-state index in [1.807, 2.05) is 42.5 Å². The van der Waals surface area contributed by atoms with E-state index >= 15 is 0 Å². The summed E-state index contributed by atoms with van der Waals surface area (Å²) in [4.78, 5) is 12.6. The average Bonchev–Trinajstić information content (AvgIpc) is 3.07. The molecule has 0 aliphatic rings. The number of nitrogens with one attached hydrogen (secondary N) is 1. The first kappa shape index (κ1) is 18.5. The van der Waals surface area contributed by atoms with Crippen LogP contribution in [0.2, 0.25) is 0 Å². The number of methoxy groups -OCH3 is 1. The van der Waals surface area contributed by atoms with E-state index in [-0.39, 0.29) is 18.2 Å². The molecule has 3 rings (SSSR count). The van der Waals surface area contributed by atoms with Crippen molar-refractivity contribution in [2.45, 2.75) is 26.9 Å². The number of amides is 1. The van der Waals surface area contributed by atoms with Gasteiger partial charge in [0.15, 0.2) is 17.2 Å². The summed E-state index contributed by atoms with van der Waals surface area (Å²) in [6.45, 7) is 3.98. The van der Waals surface area contributed by atoms with Gasteiger partial charge in [-0.05, 0) is 43.2 Å². The first-order chi connectivity index (χ1) is 13.1. The normalized spacial score (nSPS) is 10.5. The summed E-state index contributed by atoms with van der Waals surface area (Å²) in [5, 5.41) is 6.74. The molecule has 1 heterocycles. The van der Waals surface area contributed by atoms with Crippen LogP contribution in [0.4, 0.5) is 5.69 Å². The Morgan fingerprint density at radius 2 is 1.81 bits per heavy atom. The second kappa shape index (κ2) is 8.40. The summed E-state index contributed by atoms with van der Waals surface area (Å²) < 4.78 is 16.3. The number of aromatic nitrogens is 1. The highest BCUT2D eigenvalue weighted by molar-refractivity contribution is 6.03. The maximum atomic E-state index is 12.6. The fourth-order valence-electron chi connectivity index (χ4n) is 2.64. The van der Waals surface area contributed by atoms with Gasteiger partial charge in [-0.1, -0.05) is 36.3 Å². The second-order valence-corrected chi connectivity index (χ2v) is 6.01. The zero-order chi connectivity index (χ0) is 19.2. The monoisotopic (exact) mass is 366 g/mol. The smallest absolute Gasteiger partial charge is 0.278 e. The van der Waals surface area contributed by atoms with Crippen molar-refractivity contribution in [3.8, 4) is 11.5 Å². The second-order valence-electron chi connectivity index (χ2n) is 6.01. The largest absolute Gasteiger partial charge is 0.493 e. The minimum absolute atomic E-state index is 0.146. The van der Waals surface area contributed by atoms with Gasteiger partial charge in [0.2, 0.25) is 0 Å². The summed E-state index contributed by atoms with van der Waals surface area (Å²) in [5.41, 5.74) is 2.72. The summed E-state index contributed by atoms with van der Waals surface area (Å²) >= 11 is 0. The van der Waals surface area contributed by atoms with Crippen molar-refractivity contribution < 1.29 is 18.8 Å². The van der Waals surface area contributed by atoms with Crippen LogP contribution in [0.1, 0.15) is 34.3 Å². The number of anilines is 1. The van der Waals surface area contributed by atoms with E-state index in [0.717, 1.165) is 6.42 Å². The van der Waals surface area contributed by atoms with Gasteiger partial charge in [0.25, 0.3) is 5.91 Å². The van der Waals surface area contributed by atoms with Crippen LogP contribution in [0.3, 0.4) is 0 Å². The minimum Gasteiger partial charge on any atom is -0.493 e. The molecule has 0 radical (unpaired) electrons. The highest BCUT2D eigenvalue weighted by Gasteiger charge is 2.21. The van der Waals surface area contributed by atoms with Crippen LogP contribution in [-0.4, -0.2) is 18.2 Å². The Morgan fingerprint density at radius 1 is 1.11 bits per heavy atom. The molecule has 3 aromatic rings. The standard InChI is InChI=1S/C21H22N2O4/c1-4-15-9-11-16(12-10-15)22-21(24)20-17(14(2)27-23-20)13-26-19-8-6-5-7-18(19)25-3/h5-12H,4,13H2,1-3H3,(H,22,24). The van der Waals surface area contributed by atoms with Gasteiger partial charge in [-0.15, -0.1) is 0 Å². The van der Waals surface area contributed by atoms with Crippen LogP contribution >= 0.6 is 0 Å². The molecule has 1 amide bonds. The van der Waals surface area contributed by atoms with E-state index < -0.39 is 0 Å². The average molecular weight is 366 g/mol.